The molecule has 0 saturated carbocycles. The quantitative estimate of drug-likeness (QED) is 0.822. The average molecular weight is 341 g/mol. The minimum absolute atomic E-state index is 0. The lowest BCUT2D eigenvalue weighted by Crippen LogP contribution is -2.18. The fraction of sp³-hybridized carbons (Fsp3) is 0.188. The second-order valence-corrected chi connectivity index (χ2v) is 5.02. The van der Waals surface area contributed by atoms with Gasteiger partial charge in [-0.1, -0.05) is 12.1 Å². The van der Waals surface area contributed by atoms with Gasteiger partial charge in [-0.05, 0) is 36.6 Å². The molecule has 0 atom stereocenters. The number of para-hydroxylation sites is 1. The Hall–Kier alpha value is -2.34. The first-order valence-corrected chi connectivity index (χ1v) is 6.87. The molecule has 0 spiro atoms. The number of benzene rings is 2. The number of nitrogen functional groups attached to an aromatic ring is 1. The van der Waals surface area contributed by atoms with Crippen LogP contribution in [0, 0.1) is 11.6 Å². The van der Waals surface area contributed by atoms with Crippen LogP contribution in [0.5, 0.6) is 5.75 Å². The van der Waals surface area contributed by atoms with Crippen LogP contribution in [0.3, 0.4) is 0 Å². The first kappa shape index (κ1) is 17.0. The number of ether oxygens (including phenoxy) is 1. The topological polar surface area (TPSA) is 64.3 Å². The Morgan fingerprint density at radius 1 is 1.22 bits per heavy atom. The van der Waals surface area contributed by atoms with E-state index in [-0.39, 0.29) is 18.1 Å². The predicted molar refractivity (Wildman–Crippen MR) is 86.2 cm³/mol. The molecule has 0 bridgehead atoms. The molecule has 3 rings (SSSR count). The third-order valence-electron chi connectivity index (χ3n) is 3.56. The molecule has 1 aliphatic heterocycles. The number of rotatable bonds is 2. The molecule has 0 saturated heterocycles. The minimum atomic E-state index is -1.18. The van der Waals surface area contributed by atoms with Crippen LogP contribution in [-0.2, 0) is 6.42 Å². The van der Waals surface area contributed by atoms with E-state index in [4.69, 9.17) is 10.5 Å². The third-order valence-corrected chi connectivity index (χ3v) is 3.56. The SMILES string of the molecule is Cl.Nc1c(NC(=O)c2cccc3c2OCCC3)ccc(F)c1F. The highest BCUT2D eigenvalue weighted by molar-refractivity contribution is 6.07. The van der Waals surface area contributed by atoms with Crippen molar-refractivity contribution in [3.8, 4) is 5.75 Å². The van der Waals surface area contributed by atoms with Gasteiger partial charge >= 0.3 is 0 Å². The molecule has 3 N–H and O–H groups in total. The van der Waals surface area contributed by atoms with Crippen molar-refractivity contribution in [2.75, 3.05) is 17.7 Å². The summed E-state index contributed by atoms with van der Waals surface area (Å²) < 4.78 is 32.1. The summed E-state index contributed by atoms with van der Waals surface area (Å²) in [5.41, 5.74) is 6.38. The number of anilines is 2. The van der Waals surface area contributed by atoms with Gasteiger partial charge in [0, 0.05) is 0 Å². The van der Waals surface area contributed by atoms with Crippen LogP contribution < -0.4 is 15.8 Å². The van der Waals surface area contributed by atoms with Crippen LogP contribution >= 0.6 is 12.4 Å². The van der Waals surface area contributed by atoms with Crippen molar-refractivity contribution in [2.24, 2.45) is 0 Å². The highest BCUT2D eigenvalue weighted by Crippen LogP contribution is 2.30. The molecule has 1 heterocycles. The zero-order valence-electron chi connectivity index (χ0n) is 12.1. The summed E-state index contributed by atoms with van der Waals surface area (Å²) >= 11 is 0. The number of nitrogens with one attached hydrogen (secondary N) is 1. The third kappa shape index (κ3) is 3.22. The highest BCUT2D eigenvalue weighted by atomic mass is 35.5. The second-order valence-electron chi connectivity index (χ2n) is 5.02. The lowest BCUT2D eigenvalue weighted by atomic mass is 10.0. The summed E-state index contributed by atoms with van der Waals surface area (Å²) in [6, 6.07) is 7.42. The molecule has 0 radical (unpaired) electrons. The summed E-state index contributed by atoms with van der Waals surface area (Å²) in [5.74, 6) is -2.18. The van der Waals surface area contributed by atoms with Gasteiger partial charge in [0.2, 0.25) is 0 Å². The Balaban J connectivity index is 0.00000192. The second kappa shape index (κ2) is 6.83. The van der Waals surface area contributed by atoms with Crippen LogP contribution in [0.1, 0.15) is 22.3 Å². The van der Waals surface area contributed by atoms with Gasteiger partial charge in [0.05, 0.1) is 23.5 Å². The maximum atomic E-state index is 13.4. The van der Waals surface area contributed by atoms with Gasteiger partial charge in [-0.2, -0.15) is 0 Å². The molecule has 122 valence electrons. The molecule has 0 aliphatic carbocycles. The van der Waals surface area contributed by atoms with Crippen molar-refractivity contribution < 1.29 is 18.3 Å². The number of nitrogens with two attached hydrogens (primary N) is 1. The van der Waals surface area contributed by atoms with Crippen molar-refractivity contribution in [3.05, 3.63) is 53.1 Å². The molecule has 1 amide bonds. The van der Waals surface area contributed by atoms with Crippen molar-refractivity contribution in [2.45, 2.75) is 12.8 Å². The minimum Gasteiger partial charge on any atom is -0.492 e. The number of halogens is 3. The summed E-state index contributed by atoms with van der Waals surface area (Å²) in [5, 5.41) is 2.49. The van der Waals surface area contributed by atoms with E-state index >= 15 is 0 Å². The average Bonchev–Trinajstić information content (AvgIpc) is 2.55. The largest absolute Gasteiger partial charge is 0.492 e. The lowest BCUT2D eigenvalue weighted by Gasteiger charge is -2.20. The van der Waals surface area contributed by atoms with Crippen molar-refractivity contribution in [1.82, 2.24) is 0 Å². The highest BCUT2D eigenvalue weighted by Gasteiger charge is 2.20. The van der Waals surface area contributed by atoms with E-state index in [2.05, 4.69) is 5.32 Å². The Labute approximate surface area is 138 Å². The lowest BCUT2D eigenvalue weighted by molar-refractivity contribution is 0.102. The fourth-order valence-corrected chi connectivity index (χ4v) is 2.43. The van der Waals surface area contributed by atoms with Crippen LogP contribution in [-0.4, -0.2) is 12.5 Å². The number of fused-ring (bicyclic) bond motifs is 1. The molecule has 0 aromatic heterocycles. The van der Waals surface area contributed by atoms with Crippen molar-refractivity contribution in [1.29, 1.82) is 0 Å². The smallest absolute Gasteiger partial charge is 0.259 e. The maximum Gasteiger partial charge on any atom is 0.259 e. The van der Waals surface area contributed by atoms with Gasteiger partial charge in [-0.25, -0.2) is 8.78 Å². The van der Waals surface area contributed by atoms with E-state index in [1.54, 1.807) is 12.1 Å². The van der Waals surface area contributed by atoms with Crippen molar-refractivity contribution in [3.63, 3.8) is 0 Å². The Kier molecular flexibility index (Phi) is 5.05. The van der Waals surface area contributed by atoms with Crippen LogP contribution in [0.4, 0.5) is 20.2 Å². The number of hydrogen-bond acceptors (Lipinski definition) is 3. The van der Waals surface area contributed by atoms with Crippen molar-refractivity contribution >= 4 is 29.7 Å². The molecule has 4 nitrogen and oxygen atoms in total. The van der Waals surface area contributed by atoms with Crippen LogP contribution in [0.2, 0.25) is 0 Å². The first-order valence-electron chi connectivity index (χ1n) is 6.87. The van der Waals surface area contributed by atoms with Crippen LogP contribution in [0.15, 0.2) is 30.3 Å². The predicted octanol–water partition coefficient (Wildman–Crippen LogP) is 3.55. The summed E-state index contributed by atoms with van der Waals surface area (Å²) in [4.78, 5) is 12.4. The first-order chi connectivity index (χ1) is 10.6. The Morgan fingerprint density at radius 3 is 2.78 bits per heavy atom. The van der Waals surface area contributed by atoms with Gasteiger partial charge in [-0.3, -0.25) is 4.79 Å². The monoisotopic (exact) mass is 340 g/mol. The van der Waals surface area contributed by atoms with E-state index in [0.29, 0.717) is 17.9 Å². The molecule has 2 aromatic rings. The van der Waals surface area contributed by atoms with Crippen LogP contribution in [0.25, 0.3) is 0 Å². The number of hydrogen-bond donors (Lipinski definition) is 2. The number of carbonyl (C=O) groups is 1. The Morgan fingerprint density at radius 2 is 2.00 bits per heavy atom. The van der Waals surface area contributed by atoms with Gasteiger partial charge < -0.3 is 15.8 Å². The molecule has 2 aromatic carbocycles. The molecule has 0 unspecified atom stereocenters. The summed E-state index contributed by atoms with van der Waals surface area (Å²) in [7, 11) is 0. The van der Waals surface area contributed by atoms with E-state index < -0.39 is 23.2 Å². The fourth-order valence-electron chi connectivity index (χ4n) is 2.43. The van der Waals surface area contributed by atoms with E-state index in [0.717, 1.165) is 24.5 Å². The van der Waals surface area contributed by atoms with Gasteiger partial charge in [-0.15, -0.1) is 12.4 Å². The number of carbonyl (C=O) groups excluding carboxylic acids is 1. The molecular formula is C16H15ClF2N2O2. The molecule has 0 fully saturated rings. The molecular weight excluding hydrogens is 326 g/mol. The molecule has 23 heavy (non-hydrogen) atoms. The number of amides is 1. The zero-order chi connectivity index (χ0) is 15.7. The summed E-state index contributed by atoms with van der Waals surface area (Å²) in [6.07, 6.45) is 1.73. The van der Waals surface area contributed by atoms with E-state index in [1.165, 1.54) is 6.07 Å². The van der Waals surface area contributed by atoms with E-state index in [9.17, 15) is 13.6 Å². The number of aryl methyl sites for hydroxylation is 1. The van der Waals surface area contributed by atoms with Gasteiger partial charge in [0.1, 0.15) is 5.75 Å². The zero-order valence-corrected chi connectivity index (χ0v) is 12.9. The molecule has 7 heteroatoms. The maximum absolute atomic E-state index is 13.4. The Bertz CT molecular complexity index is 753. The normalized spacial score (nSPS) is 12.6. The van der Waals surface area contributed by atoms with Gasteiger partial charge in [0.25, 0.3) is 5.91 Å². The van der Waals surface area contributed by atoms with Gasteiger partial charge in [0.15, 0.2) is 11.6 Å². The van der Waals surface area contributed by atoms with E-state index in [1.807, 2.05) is 6.07 Å². The standard InChI is InChI=1S/C16H14F2N2O2.ClH/c17-11-6-7-12(14(19)13(11)18)20-16(21)10-5-1-3-9-4-2-8-22-15(9)10;/h1,3,5-7H,2,4,8,19H2,(H,20,21);1H. The molecule has 1 aliphatic rings. The summed E-state index contributed by atoms with van der Waals surface area (Å²) in [6.45, 7) is 0.546.